The van der Waals surface area contributed by atoms with Crippen LogP contribution in [0.25, 0.3) is 16.5 Å². The fourth-order valence-corrected chi connectivity index (χ4v) is 2.82. The number of hydrogen-bond acceptors (Lipinski definition) is 1. The molecule has 0 saturated heterocycles. The van der Waals surface area contributed by atoms with Crippen LogP contribution in [-0.2, 0) is 0 Å². The molecule has 0 spiro atoms. The topological polar surface area (TPSA) is 34.0 Å². The Kier molecular flexibility index (Phi) is 3.60. The molecule has 4 rings (SSSR count). The summed E-state index contributed by atoms with van der Waals surface area (Å²) in [6.07, 6.45) is 3.95. The summed E-state index contributed by atoms with van der Waals surface area (Å²) in [7, 11) is 0. The molecule has 0 aliphatic carbocycles. The van der Waals surface area contributed by atoms with Gasteiger partial charge in [-0.2, -0.15) is 0 Å². The summed E-state index contributed by atoms with van der Waals surface area (Å²) in [5.41, 5.74) is 2.49. The molecule has 3 aromatic carbocycles. The Bertz CT molecular complexity index is 981. The highest BCUT2D eigenvalue weighted by Crippen LogP contribution is 2.23. The Morgan fingerprint density at radius 3 is 2.25 bits per heavy atom. The van der Waals surface area contributed by atoms with Crippen LogP contribution in [0.4, 0.5) is 5.69 Å². The van der Waals surface area contributed by atoms with Crippen LogP contribution < -0.4 is 5.32 Å². The SMILES string of the molecule is O=C(Nc1cccc2ccccc12)c1ccc(-n2cccc2)cc1. The Morgan fingerprint density at radius 1 is 0.750 bits per heavy atom. The molecule has 24 heavy (non-hydrogen) atoms. The maximum Gasteiger partial charge on any atom is 0.255 e. The van der Waals surface area contributed by atoms with Crippen molar-refractivity contribution in [3.8, 4) is 5.69 Å². The van der Waals surface area contributed by atoms with E-state index in [0.717, 1.165) is 22.1 Å². The Balaban J connectivity index is 1.60. The van der Waals surface area contributed by atoms with Crippen molar-refractivity contribution in [2.45, 2.75) is 0 Å². The van der Waals surface area contributed by atoms with Crippen molar-refractivity contribution in [1.29, 1.82) is 0 Å². The van der Waals surface area contributed by atoms with Crippen LogP contribution in [-0.4, -0.2) is 10.5 Å². The van der Waals surface area contributed by atoms with Crippen LogP contribution in [0.1, 0.15) is 10.4 Å². The van der Waals surface area contributed by atoms with E-state index in [1.807, 2.05) is 95.8 Å². The normalized spacial score (nSPS) is 10.7. The number of nitrogens with zero attached hydrogens (tertiary/aromatic N) is 1. The molecule has 0 unspecified atom stereocenters. The first-order valence-corrected chi connectivity index (χ1v) is 7.84. The molecule has 3 nitrogen and oxygen atoms in total. The Hall–Kier alpha value is -3.33. The van der Waals surface area contributed by atoms with Gasteiger partial charge in [-0.1, -0.05) is 36.4 Å². The van der Waals surface area contributed by atoms with Crippen LogP contribution in [0.3, 0.4) is 0 Å². The lowest BCUT2D eigenvalue weighted by atomic mass is 10.1. The van der Waals surface area contributed by atoms with Gasteiger partial charge >= 0.3 is 0 Å². The van der Waals surface area contributed by atoms with Gasteiger partial charge in [0.1, 0.15) is 0 Å². The van der Waals surface area contributed by atoms with Crippen LogP contribution in [0.2, 0.25) is 0 Å². The van der Waals surface area contributed by atoms with Gasteiger partial charge in [0.15, 0.2) is 0 Å². The first kappa shape index (κ1) is 14.3. The van der Waals surface area contributed by atoms with Gasteiger partial charge in [0, 0.05) is 34.7 Å². The van der Waals surface area contributed by atoms with Crippen molar-refractivity contribution >= 4 is 22.4 Å². The molecule has 1 N–H and O–H groups in total. The first-order chi connectivity index (χ1) is 11.8. The summed E-state index contributed by atoms with van der Waals surface area (Å²) in [6, 6.07) is 25.5. The average Bonchev–Trinajstić information content (AvgIpc) is 3.17. The lowest BCUT2D eigenvalue weighted by Gasteiger charge is -2.09. The summed E-state index contributed by atoms with van der Waals surface area (Å²) < 4.78 is 2.01. The molecule has 3 heteroatoms. The lowest BCUT2D eigenvalue weighted by Crippen LogP contribution is -2.12. The molecular weight excluding hydrogens is 296 g/mol. The number of nitrogens with one attached hydrogen (secondary N) is 1. The molecular formula is C21H16N2O. The number of rotatable bonds is 3. The van der Waals surface area contributed by atoms with Gasteiger partial charge in [-0.15, -0.1) is 0 Å². The molecule has 0 fully saturated rings. The van der Waals surface area contributed by atoms with Crippen molar-refractivity contribution in [3.05, 3.63) is 96.8 Å². The molecule has 0 aliphatic heterocycles. The molecule has 4 aromatic rings. The molecule has 1 aromatic heterocycles. The standard InChI is InChI=1S/C21H16N2O/c24-21(17-10-12-18(13-11-17)23-14-3-4-15-23)22-20-9-5-7-16-6-1-2-8-19(16)20/h1-15H,(H,22,24). The van der Waals surface area contributed by atoms with E-state index in [0.29, 0.717) is 5.56 Å². The number of carbonyl (C=O) groups excluding carboxylic acids is 1. The van der Waals surface area contributed by atoms with Crippen molar-refractivity contribution in [2.24, 2.45) is 0 Å². The third-order valence-corrected chi connectivity index (χ3v) is 4.07. The van der Waals surface area contributed by atoms with Gasteiger partial charge in [-0.05, 0) is 47.9 Å². The third-order valence-electron chi connectivity index (χ3n) is 4.07. The maximum atomic E-state index is 12.5. The highest BCUT2D eigenvalue weighted by Gasteiger charge is 2.08. The van der Waals surface area contributed by atoms with Gasteiger partial charge in [0.25, 0.3) is 5.91 Å². The van der Waals surface area contributed by atoms with E-state index in [2.05, 4.69) is 5.32 Å². The monoisotopic (exact) mass is 312 g/mol. The molecule has 0 bridgehead atoms. The minimum Gasteiger partial charge on any atom is -0.324 e. The Labute approximate surface area is 140 Å². The second-order valence-corrected chi connectivity index (χ2v) is 5.62. The molecule has 0 radical (unpaired) electrons. The predicted octanol–water partition coefficient (Wildman–Crippen LogP) is 4.88. The van der Waals surface area contributed by atoms with E-state index in [4.69, 9.17) is 0 Å². The van der Waals surface area contributed by atoms with Crippen LogP contribution >= 0.6 is 0 Å². The van der Waals surface area contributed by atoms with E-state index in [-0.39, 0.29) is 5.91 Å². The van der Waals surface area contributed by atoms with Gasteiger partial charge in [0.2, 0.25) is 0 Å². The van der Waals surface area contributed by atoms with E-state index >= 15 is 0 Å². The quantitative estimate of drug-likeness (QED) is 0.574. The number of carbonyl (C=O) groups is 1. The van der Waals surface area contributed by atoms with Crippen molar-refractivity contribution < 1.29 is 4.79 Å². The van der Waals surface area contributed by atoms with Gasteiger partial charge in [-0.25, -0.2) is 0 Å². The number of amides is 1. The van der Waals surface area contributed by atoms with Gasteiger partial charge in [0.05, 0.1) is 0 Å². The number of fused-ring (bicyclic) bond motifs is 1. The van der Waals surface area contributed by atoms with Crippen molar-refractivity contribution in [1.82, 2.24) is 4.57 Å². The first-order valence-electron chi connectivity index (χ1n) is 7.84. The van der Waals surface area contributed by atoms with Crippen LogP contribution in [0.15, 0.2) is 91.3 Å². The smallest absolute Gasteiger partial charge is 0.255 e. The van der Waals surface area contributed by atoms with E-state index in [9.17, 15) is 4.79 Å². The maximum absolute atomic E-state index is 12.5. The number of aromatic nitrogens is 1. The zero-order valence-electron chi connectivity index (χ0n) is 13.0. The number of anilines is 1. The third kappa shape index (κ3) is 2.68. The molecule has 1 heterocycles. The molecule has 0 atom stereocenters. The highest BCUT2D eigenvalue weighted by molar-refractivity contribution is 6.09. The van der Waals surface area contributed by atoms with Crippen LogP contribution in [0.5, 0.6) is 0 Å². The van der Waals surface area contributed by atoms with Crippen molar-refractivity contribution in [3.63, 3.8) is 0 Å². The molecule has 0 aliphatic rings. The minimum atomic E-state index is -0.106. The lowest BCUT2D eigenvalue weighted by molar-refractivity contribution is 0.102. The van der Waals surface area contributed by atoms with E-state index in [1.165, 1.54) is 0 Å². The molecule has 116 valence electrons. The van der Waals surface area contributed by atoms with Gasteiger partial charge < -0.3 is 9.88 Å². The number of hydrogen-bond donors (Lipinski definition) is 1. The fraction of sp³-hybridized carbons (Fsp3) is 0. The number of benzene rings is 3. The average molecular weight is 312 g/mol. The van der Waals surface area contributed by atoms with Crippen molar-refractivity contribution in [2.75, 3.05) is 5.32 Å². The summed E-state index contributed by atoms with van der Waals surface area (Å²) in [5.74, 6) is -0.106. The second-order valence-electron chi connectivity index (χ2n) is 5.62. The minimum absolute atomic E-state index is 0.106. The summed E-state index contributed by atoms with van der Waals surface area (Å²) in [4.78, 5) is 12.5. The molecule has 1 amide bonds. The van der Waals surface area contributed by atoms with Gasteiger partial charge in [-0.3, -0.25) is 4.79 Å². The zero-order valence-corrected chi connectivity index (χ0v) is 13.0. The summed E-state index contributed by atoms with van der Waals surface area (Å²) >= 11 is 0. The van der Waals surface area contributed by atoms with E-state index in [1.54, 1.807) is 0 Å². The zero-order chi connectivity index (χ0) is 16.4. The second kappa shape index (κ2) is 6.05. The largest absolute Gasteiger partial charge is 0.324 e. The summed E-state index contributed by atoms with van der Waals surface area (Å²) in [6.45, 7) is 0. The highest BCUT2D eigenvalue weighted by atomic mass is 16.1. The molecule has 0 saturated carbocycles. The summed E-state index contributed by atoms with van der Waals surface area (Å²) in [5, 5.41) is 5.16. The fourth-order valence-electron chi connectivity index (χ4n) is 2.82. The predicted molar refractivity (Wildman–Crippen MR) is 97.7 cm³/mol. The van der Waals surface area contributed by atoms with Crippen LogP contribution in [0, 0.1) is 0 Å². The van der Waals surface area contributed by atoms with E-state index < -0.39 is 0 Å². The Morgan fingerprint density at radius 2 is 1.46 bits per heavy atom.